The lowest BCUT2D eigenvalue weighted by Crippen LogP contribution is -2.23. The van der Waals surface area contributed by atoms with Gasteiger partial charge in [0.15, 0.2) is 0 Å². The summed E-state index contributed by atoms with van der Waals surface area (Å²) >= 11 is 12.6. The van der Waals surface area contributed by atoms with E-state index in [9.17, 15) is 9.59 Å². The molecular weight excluding hydrogens is 453 g/mol. The molecular formula is C24H21Cl2NO5. The van der Waals surface area contributed by atoms with Crippen molar-refractivity contribution in [1.29, 1.82) is 0 Å². The molecule has 0 radical (unpaired) electrons. The number of carboxylic acids is 1. The van der Waals surface area contributed by atoms with Crippen LogP contribution in [0.3, 0.4) is 0 Å². The van der Waals surface area contributed by atoms with Crippen molar-refractivity contribution in [2.75, 3.05) is 18.1 Å². The lowest BCUT2D eigenvalue weighted by molar-refractivity contribution is -0.136. The molecule has 6 nitrogen and oxygen atoms in total. The van der Waals surface area contributed by atoms with E-state index in [0.717, 1.165) is 10.9 Å². The van der Waals surface area contributed by atoms with Crippen LogP contribution in [0.15, 0.2) is 36.4 Å². The number of rotatable bonds is 7. The topological polar surface area (TPSA) is 76.1 Å². The number of hydrogen-bond acceptors (Lipinski definition) is 4. The average Bonchev–Trinajstić information content (AvgIpc) is 3.09. The van der Waals surface area contributed by atoms with Crippen molar-refractivity contribution in [1.82, 2.24) is 0 Å². The first kappa shape index (κ1) is 22.2. The normalized spacial score (nSPS) is 12.9. The predicted octanol–water partition coefficient (Wildman–Crippen LogP) is 5.73. The molecule has 1 amide bonds. The predicted molar refractivity (Wildman–Crippen MR) is 125 cm³/mol. The van der Waals surface area contributed by atoms with Crippen molar-refractivity contribution in [3.8, 4) is 11.5 Å². The van der Waals surface area contributed by atoms with Crippen molar-refractivity contribution in [2.24, 2.45) is 0 Å². The molecule has 8 heteroatoms. The Bertz CT molecular complexity index is 1220. The molecule has 3 aromatic rings. The van der Waals surface area contributed by atoms with Crippen LogP contribution in [0.1, 0.15) is 35.3 Å². The fourth-order valence-electron chi connectivity index (χ4n) is 3.99. The maximum atomic E-state index is 13.5. The Hall–Kier alpha value is -2.96. The number of carbonyl (C=O) groups is 2. The van der Waals surface area contributed by atoms with Gasteiger partial charge in [0.05, 0.1) is 41.8 Å². The molecule has 0 spiro atoms. The molecule has 0 aromatic heterocycles. The van der Waals surface area contributed by atoms with Gasteiger partial charge in [-0.2, -0.15) is 0 Å². The van der Waals surface area contributed by atoms with Gasteiger partial charge >= 0.3 is 5.97 Å². The number of nitrogens with zero attached hydrogens (tertiary/aromatic N) is 1. The molecule has 32 heavy (non-hydrogen) atoms. The number of benzene rings is 3. The van der Waals surface area contributed by atoms with E-state index in [-0.39, 0.29) is 18.9 Å². The van der Waals surface area contributed by atoms with Crippen molar-refractivity contribution in [3.63, 3.8) is 0 Å². The SMILES string of the molecule is CCOc1c2c(c(OCC)c3cc(Cl)c(Cl)cc13)C(=O)N(c1ccc(CC(=O)O)cc1)C2. The van der Waals surface area contributed by atoms with E-state index < -0.39 is 5.97 Å². The van der Waals surface area contributed by atoms with Gasteiger partial charge in [-0.25, -0.2) is 0 Å². The highest BCUT2D eigenvalue weighted by Gasteiger charge is 2.37. The summed E-state index contributed by atoms with van der Waals surface area (Å²) in [6, 6.07) is 10.3. The van der Waals surface area contributed by atoms with Crippen molar-refractivity contribution < 1.29 is 24.2 Å². The summed E-state index contributed by atoms with van der Waals surface area (Å²) in [6.07, 6.45) is -0.0790. The number of fused-ring (bicyclic) bond motifs is 2. The summed E-state index contributed by atoms with van der Waals surface area (Å²) in [6.45, 7) is 4.80. The summed E-state index contributed by atoms with van der Waals surface area (Å²) < 4.78 is 11.9. The number of carbonyl (C=O) groups excluding carboxylic acids is 1. The molecule has 1 heterocycles. The van der Waals surface area contributed by atoms with Crippen LogP contribution in [0.2, 0.25) is 10.0 Å². The Morgan fingerprint density at radius 1 is 1.00 bits per heavy atom. The van der Waals surface area contributed by atoms with Gasteiger partial charge in [0, 0.05) is 22.0 Å². The zero-order valence-corrected chi connectivity index (χ0v) is 19.1. The van der Waals surface area contributed by atoms with Gasteiger partial charge in [0.2, 0.25) is 0 Å². The second kappa shape index (κ2) is 8.88. The largest absolute Gasteiger partial charge is 0.493 e. The number of halogens is 2. The van der Waals surface area contributed by atoms with Crippen LogP contribution in [-0.4, -0.2) is 30.2 Å². The number of hydrogen-bond donors (Lipinski definition) is 1. The molecule has 1 N–H and O–H groups in total. The number of amides is 1. The quantitative estimate of drug-likeness (QED) is 0.473. The molecule has 4 rings (SSSR count). The number of carboxylic acid groups (broad SMARTS) is 1. The molecule has 1 aliphatic heterocycles. The van der Waals surface area contributed by atoms with E-state index in [1.54, 1.807) is 41.3 Å². The minimum atomic E-state index is -0.908. The monoisotopic (exact) mass is 473 g/mol. The third-order valence-electron chi connectivity index (χ3n) is 5.31. The Labute approximate surface area is 195 Å². The molecule has 0 atom stereocenters. The van der Waals surface area contributed by atoms with Crippen LogP contribution >= 0.6 is 23.2 Å². The van der Waals surface area contributed by atoms with Crippen LogP contribution < -0.4 is 14.4 Å². The summed E-state index contributed by atoms with van der Waals surface area (Å²) in [5, 5.41) is 11.1. The highest BCUT2D eigenvalue weighted by Crippen LogP contribution is 2.47. The average molecular weight is 474 g/mol. The van der Waals surface area contributed by atoms with E-state index in [2.05, 4.69) is 0 Å². The zero-order valence-electron chi connectivity index (χ0n) is 17.6. The summed E-state index contributed by atoms with van der Waals surface area (Å²) in [5.74, 6) is -0.0927. The van der Waals surface area contributed by atoms with E-state index in [1.807, 2.05) is 13.8 Å². The van der Waals surface area contributed by atoms with E-state index in [0.29, 0.717) is 57.0 Å². The molecule has 1 aliphatic rings. The summed E-state index contributed by atoms with van der Waals surface area (Å²) in [5.41, 5.74) is 2.48. The van der Waals surface area contributed by atoms with Gasteiger partial charge < -0.3 is 19.5 Å². The Balaban J connectivity index is 1.88. The second-order valence-electron chi connectivity index (χ2n) is 7.32. The highest BCUT2D eigenvalue weighted by molar-refractivity contribution is 6.43. The number of aliphatic carboxylic acids is 1. The molecule has 166 valence electrons. The molecule has 0 saturated carbocycles. The minimum Gasteiger partial charge on any atom is -0.493 e. The van der Waals surface area contributed by atoms with Crippen molar-refractivity contribution in [3.05, 3.63) is 63.1 Å². The zero-order chi connectivity index (χ0) is 23.0. The fourth-order valence-corrected chi connectivity index (χ4v) is 4.32. The molecule has 0 fully saturated rings. The smallest absolute Gasteiger partial charge is 0.307 e. The minimum absolute atomic E-state index is 0.0790. The van der Waals surface area contributed by atoms with Gasteiger partial charge in [-0.3, -0.25) is 9.59 Å². The third-order valence-corrected chi connectivity index (χ3v) is 6.03. The van der Waals surface area contributed by atoms with Gasteiger partial charge in [-0.05, 0) is 43.7 Å². The van der Waals surface area contributed by atoms with Gasteiger partial charge in [-0.15, -0.1) is 0 Å². The first-order valence-corrected chi connectivity index (χ1v) is 11.0. The first-order chi connectivity index (χ1) is 15.3. The van der Waals surface area contributed by atoms with Crippen LogP contribution in [0.25, 0.3) is 10.8 Å². The van der Waals surface area contributed by atoms with Gasteiger partial charge in [-0.1, -0.05) is 35.3 Å². The van der Waals surface area contributed by atoms with Gasteiger partial charge in [0.1, 0.15) is 11.5 Å². The number of ether oxygens (including phenoxy) is 2. The molecule has 0 aliphatic carbocycles. The summed E-state index contributed by atoms with van der Waals surface area (Å²) in [7, 11) is 0. The van der Waals surface area contributed by atoms with Gasteiger partial charge in [0.25, 0.3) is 5.91 Å². The van der Waals surface area contributed by atoms with Crippen LogP contribution in [0, 0.1) is 0 Å². The first-order valence-electron chi connectivity index (χ1n) is 10.2. The van der Waals surface area contributed by atoms with E-state index in [1.165, 1.54) is 0 Å². The van der Waals surface area contributed by atoms with E-state index >= 15 is 0 Å². The summed E-state index contributed by atoms with van der Waals surface area (Å²) in [4.78, 5) is 26.1. The second-order valence-corrected chi connectivity index (χ2v) is 8.13. The molecule has 0 unspecified atom stereocenters. The molecule has 0 bridgehead atoms. The molecule has 0 saturated heterocycles. The van der Waals surface area contributed by atoms with Crippen LogP contribution in [0.5, 0.6) is 11.5 Å². The maximum absolute atomic E-state index is 13.5. The van der Waals surface area contributed by atoms with Crippen LogP contribution in [0.4, 0.5) is 5.69 Å². The highest BCUT2D eigenvalue weighted by atomic mass is 35.5. The number of anilines is 1. The lowest BCUT2D eigenvalue weighted by atomic mass is 9.99. The molecule has 3 aromatic carbocycles. The fraction of sp³-hybridized carbons (Fsp3) is 0.250. The maximum Gasteiger partial charge on any atom is 0.307 e. The Morgan fingerprint density at radius 2 is 1.56 bits per heavy atom. The van der Waals surface area contributed by atoms with Crippen molar-refractivity contribution in [2.45, 2.75) is 26.8 Å². The lowest BCUT2D eigenvalue weighted by Gasteiger charge is -2.17. The van der Waals surface area contributed by atoms with Crippen molar-refractivity contribution >= 4 is 51.5 Å². The van der Waals surface area contributed by atoms with Crippen LogP contribution in [-0.2, 0) is 17.8 Å². The standard InChI is InChI=1S/C24H21Cl2NO5/c1-3-31-22-15-10-18(25)19(26)11-16(15)23(32-4-2)21-17(22)12-27(24(21)30)14-7-5-13(6-8-14)9-20(28)29/h5-8,10-11H,3-4,9,12H2,1-2H3,(H,28,29). The Morgan fingerprint density at radius 3 is 2.12 bits per heavy atom. The third kappa shape index (κ3) is 3.85. The van der Waals surface area contributed by atoms with E-state index in [4.69, 9.17) is 37.8 Å². The Kier molecular flexibility index (Phi) is 6.17.